The molecule has 13 heavy (non-hydrogen) atoms. The highest BCUT2D eigenvalue weighted by Gasteiger charge is 2.21. The number of nitrogens with two attached hydrogens (primary N) is 1. The standard InChI is InChI=1S/C8H14N2OS2/c1-5(7(9)12)8(11)10-6-2-3-13-4-6/h5-6H,2-4H2,1H3,(H2,9,12)(H,10,11). The molecular formula is C8H14N2OS2. The highest BCUT2D eigenvalue weighted by Crippen LogP contribution is 2.17. The smallest absolute Gasteiger partial charge is 0.229 e. The molecule has 1 amide bonds. The molecular weight excluding hydrogens is 204 g/mol. The maximum atomic E-state index is 11.5. The van der Waals surface area contributed by atoms with E-state index in [-0.39, 0.29) is 16.8 Å². The molecule has 3 N–H and O–H groups in total. The Labute approximate surface area is 87.8 Å². The first-order chi connectivity index (χ1) is 6.11. The zero-order valence-electron chi connectivity index (χ0n) is 7.58. The van der Waals surface area contributed by atoms with Crippen molar-refractivity contribution in [3.05, 3.63) is 0 Å². The summed E-state index contributed by atoms with van der Waals surface area (Å²) < 4.78 is 0. The molecule has 1 rings (SSSR count). The van der Waals surface area contributed by atoms with Crippen LogP contribution in [0.3, 0.4) is 0 Å². The van der Waals surface area contributed by atoms with Crippen molar-refractivity contribution in [3.63, 3.8) is 0 Å². The summed E-state index contributed by atoms with van der Waals surface area (Å²) in [5.74, 6) is 1.75. The molecule has 3 nitrogen and oxygen atoms in total. The molecule has 2 atom stereocenters. The summed E-state index contributed by atoms with van der Waals surface area (Å²) in [5, 5.41) is 2.93. The quantitative estimate of drug-likeness (QED) is 0.679. The minimum Gasteiger partial charge on any atom is -0.393 e. The van der Waals surface area contributed by atoms with E-state index in [2.05, 4.69) is 5.32 Å². The number of amides is 1. The SMILES string of the molecule is CC(C(=O)NC1CCSC1)C(N)=S. The Kier molecular flexibility index (Phi) is 3.99. The van der Waals surface area contributed by atoms with Gasteiger partial charge in [-0.1, -0.05) is 12.2 Å². The Balaban J connectivity index is 2.35. The van der Waals surface area contributed by atoms with Crippen LogP contribution in [0, 0.1) is 5.92 Å². The summed E-state index contributed by atoms with van der Waals surface area (Å²) in [7, 11) is 0. The molecule has 1 fully saturated rings. The van der Waals surface area contributed by atoms with Gasteiger partial charge in [0.15, 0.2) is 0 Å². The predicted molar refractivity (Wildman–Crippen MR) is 59.8 cm³/mol. The number of carbonyl (C=O) groups excluding carboxylic acids is 1. The lowest BCUT2D eigenvalue weighted by Gasteiger charge is -2.14. The van der Waals surface area contributed by atoms with Gasteiger partial charge in [-0.15, -0.1) is 0 Å². The van der Waals surface area contributed by atoms with Crippen LogP contribution in [0.15, 0.2) is 0 Å². The normalized spacial score (nSPS) is 23.9. The third-order valence-corrected chi connectivity index (χ3v) is 3.61. The van der Waals surface area contributed by atoms with Gasteiger partial charge in [-0.05, 0) is 19.1 Å². The molecule has 1 aliphatic rings. The van der Waals surface area contributed by atoms with Gasteiger partial charge in [0.1, 0.15) is 0 Å². The van der Waals surface area contributed by atoms with Gasteiger partial charge < -0.3 is 11.1 Å². The van der Waals surface area contributed by atoms with E-state index in [1.54, 1.807) is 6.92 Å². The summed E-state index contributed by atoms with van der Waals surface area (Å²) in [6.45, 7) is 1.74. The van der Waals surface area contributed by atoms with Gasteiger partial charge in [0.25, 0.3) is 0 Å². The lowest BCUT2D eigenvalue weighted by atomic mass is 10.1. The van der Waals surface area contributed by atoms with E-state index >= 15 is 0 Å². The number of nitrogens with one attached hydrogen (secondary N) is 1. The van der Waals surface area contributed by atoms with Crippen molar-refractivity contribution in [2.45, 2.75) is 19.4 Å². The number of thioether (sulfide) groups is 1. The Morgan fingerprint density at radius 3 is 2.92 bits per heavy atom. The van der Waals surface area contributed by atoms with Crippen molar-refractivity contribution in [1.29, 1.82) is 0 Å². The fourth-order valence-corrected chi connectivity index (χ4v) is 2.36. The zero-order valence-corrected chi connectivity index (χ0v) is 9.21. The fourth-order valence-electron chi connectivity index (χ4n) is 1.10. The van der Waals surface area contributed by atoms with Gasteiger partial charge in [-0.2, -0.15) is 11.8 Å². The number of carbonyl (C=O) groups is 1. The first-order valence-corrected chi connectivity index (χ1v) is 5.85. The number of rotatable bonds is 3. The lowest BCUT2D eigenvalue weighted by molar-refractivity contribution is -0.123. The Morgan fingerprint density at radius 1 is 1.77 bits per heavy atom. The molecule has 0 aliphatic carbocycles. The van der Waals surface area contributed by atoms with E-state index in [0.29, 0.717) is 6.04 Å². The molecule has 0 saturated carbocycles. The van der Waals surface area contributed by atoms with E-state index < -0.39 is 0 Å². The second-order valence-electron chi connectivity index (χ2n) is 3.19. The number of thiocarbonyl (C=S) groups is 1. The average Bonchev–Trinajstić information content (AvgIpc) is 2.55. The van der Waals surface area contributed by atoms with Crippen LogP contribution >= 0.6 is 24.0 Å². The minimum atomic E-state index is -0.347. The van der Waals surface area contributed by atoms with E-state index in [9.17, 15) is 4.79 Å². The molecule has 1 aliphatic heterocycles. The Morgan fingerprint density at radius 2 is 2.46 bits per heavy atom. The van der Waals surface area contributed by atoms with Crippen molar-refractivity contribution < 1.29 is 4.79 Å². The lowest BCUT2D eigenvalue weighted by Crippen LogP contribution is -2.41. The molecule has 1 saturated heterocycles. The summed E-state index contributed by atoms with van der Waals surface area (Å²) in [6.07, 6.45) is 1.06. The molecule has 5 heteroatoms. The van der Waals surface area contributed by atoms with Crippen LogP contribution in [0.1, 0.15) is 13.3 Å². The van der Waals surface area contributed by atoms with E-state index in [4.69, 9.17) is 18.0 Å². The van der Waals surface area contributed by atoms with Crippen molar-refractivity contribution in [2.75, 3.05) is 11.5 Å². The van der Waals surface area contributed by atoms with Crippen molar-refractivity contribution in [1.82, 2.24) is 5.32 Å². The third kappa shape index (κ3) is 3.15. The second kappa shape index (κ2) is 4.81. The van der Waals surface area contributed by atoms with E-state index in [0.717, 1.165) is 17.9 Å². The van der Waals surface area contributed by atoms with Crippen LogP contribution < -0.4 is 11.1 Å². The zero-order chi connectivity index (χ0) is 9.84. The van der Waals surface area contributed by atoms with Gasteiger partial charge in [-0.25, -0.2) is 0 Å². The Bertz CT molecular complexity index is 214. The summed E-state index contributed by atoms with van der Waals surface area (Å²) in [4.78, 5) is 11.7. The third-order valence-electron chi connectivity index (χ3n) is 2.10. The Hall–Kier alpha value is -0.290. The van der Waals surface area contributed by atoms with Gasteiger partial charge in [-0.3, -0.25) is 4.79 Å². The molecule has 0 spiro atoms. The first-order valence-electron chi connectivity index (χ1n) is 4.28. The van der Waals surface area contributed by atoms with Crippen LogP contribution in [0.2, 0.25) is 0 Å². The van der Waals surface area contributed by atoms with Crippen LogP contribution in [0.5, 0.6) is 0 Å². The molecule has 0 radical (unpaired) electrons. The first kappa shape index (κ1) is 10.8. The molecule has 74 valence electrons. The highest BCUT2D eigenvalue weighted by atomic mass is 32.2. The van der Waals surface area contributed by atoms with Gasteiger partial charge in [0.2, 0.25) is 5.91 Å². The summed E-state index contributed by atoms with van der Waals surface area (Å²) >= 11 is 6.61. The van der Waals surface area contributed by atoms with Gasteiger partial charge >= 0.3 is 0 Å². The molecule has 0 bridgehead atoms. The topological polar surface area (TPSA) is 55.1 Å². The molecule has 0 aromatic carbocycles. The minimum absolute atomic E-state index is 0.0417. The second-order valence-corrected chi connectivity index (χ2v) is 4.81. The predicted octanol–water partition coefficient (Wildman–Crippen LogP) is 0.530. The largest absolute Gasteiger partial charge is 0.393 e. The van der Waals surface area contributed by atoms with E-state index in [1.165, 1.54) is 0 Å². The summed E-state index contributed by atoms with van der Waals surface area (Å²) in [5.41, 5.74) is 5.38. The molecule has 0 aromatic heterocycles. The van der Waals surface area contributed by atoms with Crippen LogP contribution in [-0.2, 0) is 4.79 Å². The number of hydrogen-bond acceptors (Lipinski definition) is 3. The molecule has 2 unspecified atom stereocenters. The van der Waals surface area contributed by atoms with Crippen molar-refractivity contribution >= 4 is 34.9 Å². The monoisotopic (exact) mass is 218 g/mol. The van der Waals surface area contributed by atoms with Gasteiger partial charge in [0, 0.05) is 11.8 Å². The highest BCUT2D eigenvalue weighted by molar-refractivity contribution is 7.99. The van der Waals surface area contributed by atoms with Crippen LogP contribution in [0.25, 0.3) is 0 Å². The summed E-state index contributed by atoms with van der Waals surface area (Å²) in [6, 6.07) is 0.314. The average molecular weight is 218 g/mol. The van der Waals surface area contributed by atoms with E-state index in [1.807, 2.05) is 11.8 Å². The maximum absolute atomic E-state index is 11.5. The van der Waals surface area contributed by atoms with Crippen molar-refractivity contribution in [2.24, 2.45) is 11.7 Å². The van der Waals surface area contributed by atoms with Crippen LogP contribution in [0.4, 0.5) is 0 Å². The number of hydrogen-bond donors (Lipinski definition) is 2. The van der Waals surface area contributed by atoms with Gasteiger partial charge in [0.05, 0.1) is 10.9 Å². The van der Waals surface area contributed by atoms with Crippen molar-refractivity contribution in [3.8, 4) is 0 Å². The molecule has 1 heterocycles. The fraction of sp³-hybridized carbons (Fsp3) is 0.750. The molecule has 0 aromatic rings. The maximum Gasteiger partial charge on any atom is 0.229 e. The van der Waals surface area contributed by atoms with Crippen LogP contribution in [-0.4, -0.2) is 28.4 Å².